The van der Waals surface area contributed by atoms with Crippen molar-refractivity contribution in [3.8, 4) is 0 Å². The number of aromatic nitrogens is 3. The summed E-state index contributed by atoms with van der Waals surface area (Å²) in [5, 5.41) is 20.8. The highest BCUT2D eigenvalue weighted by molar-refractivity contribution is 7.99. The molecule has 0 fully saturated rings. The molecule has 0 bridgehead atoms. The van der Waals surface area contributed by atoms with Crippen LogP contribution in [0.2, 0.25) is 5.02 Å². The largest absolute Gasteiger partial charge is 0.417 e. The van der Waals surface area contributed by atoms with Crippen LogP contribution in [0.25, 0.3) is 5.65 Å². The molecule has 0 aliphatic rings. The Labute approximate surface area is 170 Å². The van der Waals surface area contributed by atoms with E-state index < -0.39 is 22.6 Å². The Kier molecular flexibility index (Phi) is 5.66. The van der Waals surface area contributed by atoms with E-state index in [4.69, 9.17) is 11.6 Å². The van der Waals surface area contributed by atoms with Gasteiger partial charge in [-0.2, -0.15) is 13.2 Å². The molecule has 0 aliphatic carbocycles. The number of thioether (sulfide) groups is 1. The molecular formula is C16H11ClF3N5O3S. The van der Waals surface area contributed by atoms with Crippen LogP contribution in [0.3, 0.4) is 0 Å². The zero-order valence-electron chi connectivity index (χ0n) is 14.5. The minimum atomic E-state index is -4.62. The molecule has 1 amide bonds. The fourth-order valence-corrected chi connectivity index (χ4v) is 3.36. The molecule has 0 saturated carbocycles. The summed E-state index contributed by atoms with van der Waals surface area (Å²) >= 11 is 6.65. The first-order valence-electron chi connectivity index (χ1n) is 7.85. The Bertz CT molecular complexity index is 1120. The van der Waals surface area contributed by atoms with E-state index in [9.17, 15) is 28.1 Å². The first-order valence-corrected chi connectivity index (χ1v) is 9.22. The maximum atomic E-state index is 13.0. The Morgan fingerprint density at radius 2 is 2.07 bits per heavy atom. The molecule has 1 N–H and O–H groups in total. The third kappa shape index (κ3) is 4.59. The van der Waals surface area contributed by atoms with Gasteiger partial charge < -0.3 is 5.32 Å². The number of rotatable bonds is 5. The average Bonchev–Trinajstić information content (AvgIpc) is 3.04. The summed E-state index contributed by atoms with van der Waals surface area (Å²) < 4.78 is 40.0. The van der Waals surface area contributed by atoms with Crippen LogP contribution in [0.4, 0.5) is 24.5 Å². The van der Waals surface area contributed by atoms with Gasteiger partial charge in [-0.15, -0.1) is 10.2 Å². The molecule has 3 rings (SSSR count). The number of nitro benzene ring substituents is 1. The molecule has 0 saturated heterocycles. The highest BCUT2D eigenvalue weighted by Gasteiger charge is 2.32. The fourth-order valence-electron chi connectivity index (χ4n) is 2.40. The van der Waals surface area contributed by atoms with E-state index in [2.05, 4.69) is 15.5 Å². The Hall–Kier alpha value is -2.86. The van der Waals surface area contributed by atoms with Gasteiger partial charge in [0.25, 0.3) is 5.69 Å². The summed E-state index contributed by atoms with van der Waals surface area (Å²) in [4.78, 5) is 22.7. The van der Waals surface area contributed by atoms with Gasteiger partial charge in [-0.25, -0.2) is 0 Å². The average molecular weight is 446 g/mol. The smallest absolute Gasteiger partial charge is 0.320 e. The third-order valence-corrected chi connectivity index (χ3v) is 4.93. The van der Waals surface area contributed by atoms with Crippen LogP contribution in [-0.2, 0) is 11.0 Å². The summed E-state index contributed by atoms with van der Waals surface area (Å²) in [5.74, 6) is -0.864. The van der Waals surface area contributed by atoms with Gasteiger partial charge in [-0.05, 0) is 24.6 Å². The minimum Gasteiger partial charge on any atom is -0.320 e. The molecule has 2 aromatic heterocycles. The van der Waals surface area contributed by atoms with Crippen molar-refractivity contribution >= 4 is 46.3 Å². The normalized spacial score (nSPS) is 11.6. The van der Waals surface area contributed by atoms with E-state index in [1.54, 1.807) is 13.0 Å². The predicted molar refractivity (Wildman–Crippen MR) is 100 cm³/mol. The van der Waals surface area contributed by atoms with Crippen molar-refractivity contribution in [2.24, 2.45) is 0 Å². The minimum absolute atomic E-state index is 0.0109. The standard InChI is InChI=1S/C16H11ClF3N5O3S/c1-8-2-3-11(12(4-8)25(27)28)21-13(26)7-29-15-23-22-14-10(17)5-9(6-24(14)15)16(18,19)20/h2-6H,7H2,1H3,(H,21,26). The first-order chi connectivity index (χ1) is 13.6. The SMILES string of the molecule is Cc1ccc(NC(=O)CSc2nnc3c(Cl)cc(C(F)(F)F)cn23)c([N+](=O)[O-])c1. The van der Waals surface area contributed by atoms with Gasteiger partial charge in [0, 0.05) is 12.3 Å². The van der Waals surface area contributed by atoms with Gasteiger partial charge in [-0.1, -0.05) is 29.4 Å². The maximum absolute atomic E-state index is 13.0. The van der Waals surface area contributed by atoms with Crippen LogP contribution in [0, 0.1) is 17.0 Å². The quantitative estimate of drug-likeness (QED) is 0.356. The van der Waals surface area contributed by atoms with Crippen molar-refractivity contribution < 1.29 is 22.9 Å². The number of pyridine rings is 1. The number of benzene rings is 1. The molecule has 1 aromatic carbocycles. The lowest BCUT2D eigenvalue weighted by molar-refractivity contribution is -0.384. The molecule has 0 spiro atoms. The van der Waals surface area contributed by atoms with Gasteiger partial charge >= 0.3 is 6.18 Å². The summed E-state index contributed by atoms with van der Waals surface area (Å²) in [6.07, 6.45) is -3.84. The van der Waals surface area contributed by atoms with Crippen LogP contribution in [-0.4, -0.2) is 31.2 Å². The molecule has 0 aliphatic heterocycles. The third-order valence-electron chi connectivity index (χ3n) is 3.71. The van der Waals surface area contributed by atoms with E-state index in [-0.39, 0.29) is 33.0 Å². The van der Waals surface area contributed by atoms with Gasteiger partial charge in [-0.3, -0.25) is 19.3 Å². The lowest BCUT2D eigenvalue weighted by Crippen LogP contribution is -2.15. The number of amides is 1. The molecule has 152 valence electrons. The van der Waals surface area contributed by atoms with Gasteiger partial charge in [0.15, 0.2) is 10.8 Å². The molecular weight excluding hydrogens is 435 g/mol. The van der Waals surface area contributed by atoms with Crippen molar-refractivity contribution in [1.29, 1.82) is 0 Å². The van der Waals surface area contributed by atoms with E-state index in [0.717, 1.165) is 28.4 Å². The number of hydrogen-bond donors (Lipinski definition) is 1. The number of hydrogen-bond acceptors (Lipinski definition) is 6. The summed E-state index contributed by atoms with van der Waals surface area (Å²) in [6, 6.07) is 5.05. The maximum Gasteiger partial charge on any atom is 0.417 e. The summed E-state index contributed by atoms with van der Waals surface area (Å²) in [6.45, 7) is 1.67. The number of halogens is 4. The Morgan fingerprint density at radius 1 is 1.34 bits per heavy atom. The second-order valence-corrected chi connectivity index (χ2v) is 7.21. The molecule has 29 heavy (non-hydrogen) atoms. The topological polar surface area (TPSA) is 102 Å². The molecule has 3 aromatic rings. The Balaban J connectivity index is 1.78. The number of carbonyl (C=O) groups excluding carboxylic acids is 1. The molecule has 0 radical (unpaired) electrons. The summed E-state index contributed by atoms with van der Waals surface area (Å²) in [7, 11) is 0. The highest BCUT2D eigenvalue weighted by Crippen LogP contribution is 2.33. The lowest BCUT2D eigenvalue weighted by atomic mass is 10.2. The van der Waals surface area contributed by atoms with Gasteiger partial charge in [0.2, 0.25) is 5.91 Å². The van der Waals surface area contributed by atoms with Crippen LogP contribution in [0.5, 0.6) is 0 Å². The van der Waals surface area contributed by atoms with Crippen molar-refractivity contribution in [1.82, 2.24) is 14.6 Å². The number of anilines is 1. The van der Waals surface area contributed by atoms with Gasteiger partial charge in [0.05, 0.1) is 21.3 Å². The number of alkyl halides is 3. The number of nitro groups is 1. The fraction of sp³-hybridized carbons (Fsp3) is 0.188. The molecule has 2 heterocycles. The first kappa shape index (κ1) is 20.9. The molecule has 13 heteroatoms. The van der Waals surface area contributed by atoms with Crippen molar-refractivity contribution in [2.45, 2.75) is 18.3 Å². The zero-order valence-corrected chi connectivity index (χ0v) is 16.1. The van der Waals surface area contributed by atoms with E-state index in [1.165, 1.54) is 12.1 Å². The number of aryl methyl sites for hydroxylation is 1. The van der Waals surface area contributed by atoms with Crippen LogP contribution in [0.1, 0.15) is 11.1 Å². The second-order valence-electron chi connectivity index (χ2n) is 5.87. The number of carbonyl (C=O) groups is 1. The lowest BCUT2D eigenvalue weighted by Gasteiger charge is -2.09. The van der Waals surface area contributed by atoms with Gasteiger partial charge in [0.1, 0.15) is 5.69 Å². The van der Waals surface area contributed by atoms with Crippen LogP contribution in [0.15, 0.2) is 35.6 Å². The van der Waals surface area contributed by atoms with Crippen LogP contribution < -0.4 is 5.32 Å². The predicted octanol–water partition coefficient (Wildman–Crippen LogP) is 4.35. The molecule has 8 nitrogen and oxygen atoms in total. The number of nitrogens with zero attached hydrogens (tertiary/aromatic N) is 4. The number of nitrogens with one attached hydrogen (secondary N) is 1. The molecule has 0 atom stereocenters. The molecule has 0 unspecified atom stereocenters. The van der Waals surface area contributed by atoms with Crippen molar-refractivity contribution in [3.63, 3.8) is 0 Å². The van der Waals surface area contributed by atoms with E-state index in [0.29, 0.717) is 5.56 Å². The highest BCUT2D eigenvalue weighted by atomic mass is 35.5. The van der Waals surface area contributed by atoms with E-state index in [1.807, 2.05) is 0 Å². The van der Waals surface area contributed by atoms with Crippen molar-refractivity contribution in [3.05, 3.63) is 56.7 Å². The van der Waals surface area contributed by atoms with E-state index >= 15 is 0 Å². The summed E-state index contributed by atoms with van der Waals surface area (Å²) in [5.41, 5.74) is -0.581. The zero-order chi connectivity index (χ0) is 21.3. The Morgan fingerprint density at radius 3 is 2.72 bits per heavy atom. The monoisotopic (exact) mass is 445 g/mol. The van der Waals surface area contributed by atoms with Crippen molar-refractivity contribution in [2.75, 3.05) is 11.1 Å². The number of fused-ring (bicyclic) bond motifs is 1. The second kappa shape index (κ2) is 7.87. The van der Waals surface area contributed by atoms with Crippen LogP contribution >= 0.6 is 23.4 Å².